The molecule has 1 N–H and O–H groups in total. The van der Waals surface area contributed by atoms with Gasteiger partial charge in [0.2, 0.25) is 10.0 Å². The predicted molar refractivity (Wildman–Crippen MR) is 76.4 cm³/mol. The van der Waals surface area contributed by atoms with Crippen molar-refractivity contribution in [3.05, 3.63) is 18.0 Å². The fourth-order valence-corrected chi connectivity index (χ4v) is 2.20. The molecule has 0 aliphatic rings. The summed E-state index contributed by atoms with van der Waals surface area (Å²) in [7, 11) is -0.0320. The molecule has 0 radical (unpaired) electrons. The van der Waals surface area contributed by atoms with Crippen LogP contribution >= 0.6 is 0 Å². The van der Waals surface area contributed by atoms with E-state index in [-0.39, 0.29) is 11.3 Å². The number of nitrogens with zero attached hydrogens (tertiary/aromatic N) is 3. The fraction of sp³-hybridized carbons (Fsp3) is 0.750. The minimum atomic E-state index is -3.12. The van der Waals surface area contributed by atoms with Crippen molar-refractivity contribution < 1.29 is 8.42 Å². The third-order valence-corrected chi connectivity index (χ3v) is 4.58. The second-order valence-electron chi connectivity index (χ2n) is 5.74. The molecule has 0 aromatic carbocycles. The first kappa shape index (κ1) is 16.1. The van der Waals surface area contributed by atoms with Crippen LogP contribution in [0.4, 0.5) is 0 Å². The molecule has 0 fully saturated rings. The van der Waals surface area contributed by atoms with Crippen LogP contribution in [0.25, 0.3) is 0 Å². The first-order chi connectivity index (χ1) is 8.63. The van der Waals surface area contributed by atoms with Crippen LogP contribution < -0.4 is 5.32 Å². The topological polar surface area (TPSA) is 67.2 Å². The van der Waals surface area contributed by atoms with Crippen LogP contribution in [0.1, 0.15) is 26.3 Å². The molecule has 0 spiro atoms. The van der Waals surface area contributed by atoms with Crippen LogP contribution in [-0.4, -0.2) is 48.9 Å². The highest BCUT2D eigenvalue weighted by Gasteiger charge is 2.14. The van der Waals surface area contributed by atoms with Crippen molar-refractivity contribution in [3.8, 4) is 0 Å². The molecule has 0 saturated carbocycles. The molecule has 0 aliphatic heterocycles. The van der Waals surface area contributed by atoms with Gasteiger partial charge in [0.25, 0.3) is 0 Å². The molecule has 0 amide bonds. The molecule has 0 bridgehead atoms. The van der Waals surface area contributed by atoms with Crippen molar-refractivity contribution in [1.82, 2.24) is 19.4 Å². The lowest BCUT2D eigenvalue weighted by molar-refractivity contribution is 0.355. The van der Waals surface area contributed by atoms with E-state index in [0.717, 1.165) is 5.56 Å². The van der Waals surface area contributed by atoms with Crippen molar-refractivity contribution in [2.45, 2.75) is 32.9 Å². The fourth-order valence-electron chi connectivity index (χ4n) is 1.43. The first-order valence-electron chi connectivity index (χ1n) is 6.28. The number of aromatic nitrogens is 2. The Bertz CT molecular complexity index is 500. The van der Waals surface area contributed by atoms with Gasteiger partial charge in [-0.25, -0.2) is 12.7 Å². The van der Waals surface area contributed by atoms with Crippen LogP contribution in [0.5, 0.6) is 0 Å². The number of nitrogens with one attached hydrogen (secondary N) is 1. The molecule has 7 heteroatoms. The maximum Gasteiger partial charge on any atom is 0.214 e. The van der Waals surface area contributed by atoms with Crippen molar-refractivity contribution >= 4 is 10.0 Å². The van der Waals surface area contributed by atoms with E-state index in [4.69, 9.17) is 0 Å². The molecule has 110 valence electrons. The summed E-state index contributed by atoms with van der Waals surface area (Å²) in [5.74, 6) is 0.105. The van der Waals surface area contributed by atoms with Crippen molar-refractivity contribution in [3.63, 3.8) is 0 Å². The van der Waals surface area contributed by atoms with E-state index in [1.165, 1.54) is 4.31 Å². The summed E-state index contributed by atoms with van der Waals surface area (Å²) in [6.07, 6.45) is 3.78. The van der Waals surface area contributed by atoms with E-state index in [1.807, 2.05) is 10.9 Å². The minimum Gasteiger partial charge on any atom is -0.311 e. The summed E-state index contributed by atoms with van der Waals surface area (Å²) in [5, 5.41) is 7.41. The Morgan fingerprint density at radius 1 is 1.37 bits per heavy atom. The van der Waals surface area contributed by atoms with E-state index in [0.29, 0.717) is 13.1 Å². The number of rotatable bonds is 6. The second-order valence-corrected chi connectivity index (χ2v) is 8.04. The summed E-state index contributed by atoms with van der Waals surface area (Å²) in [5.41, 5.74) is 1.02. The quantitative estimate of drug-likeness (QED) is 0.779. The average molecular weight is 288 g/mol. The largest absolute Gasteiger partial charge is 0.311 e. The van der Waals surface area contributed by atoms with Crippen LogP contribution in [0, 0.1) is 0 Å². The zero-order valence-electron chi connectivity index (χ0n) is 12.3. The van der Waals surface area contributed by atoms with Gasteiger partial charge in [0.1, 0.15) is 0 Å². The van der Waals surface area contributed by atoms with Crippen LogP contribution in [0.15, 0.2) is 12.4 Å². The Morgan fingerprint density at radius 3 is 2.47 bits per heavy atom. The maximum absolute atomic E-state index is 11.5. The van der Waals surface area contributed by atoms with E-state index in [1.54, 1.807) is 20.3 Å². The van der Waals surface area contributed by atoms with Gasteiger partial charge in [-0.3, -0.25) is 4.68 Å². The second kappa shape index (κ2) is 6.02. The maximum atomic E-state index is 11.5. The molecule has 1 aromatic heterocycles. The Labute approximate surface area is 115 Å². The molecule has 1 aromatic rings. The molecular weight excluding hydrogens is 264 g/mol. The summed E-state index contributed by atoms with van der Waals surface area (Å²) in [6, 6.07) is 0. The van der Waals surface area contributed by atoms with Gasteiger partial charge in [0, 0.05) is 38.9 Å². The molecule has 6 nitrogen and oxygen atoms in total. The summed E-state index contributed by atoms with van der Waals surface area (Å²) in [4.78, 5) is 0. The van der Waals surface area contributed by atoms with Gasteiger partial charge in [-0.05, 0) is 20.8 Å². The molecule has 1 rings (SSSR count). The number of hydrogen-bond donors (Lipinski definition) is 1. The van der Waals surface area contributed by atoms with Gasteiger partial charge in [-0.15, -0.1) is 0 Å². The van der Waals surface area contributed by atoms with Crippen molar-refractivity contribution in [2.24, 2.45) is 0 Å². The Morgan fingerprint density at radius 2 is 2.00 bits per heavy atom. The predicted octanol–water partition coefficient (Wildman–Crippen LogP) is 0.619. The summed E-state index contributed by atoms with van der Waals surface area (Å²) < 4.78 is 26.2. The van der Waals surface area contributed by atoms with Gasteiger partial charge >= 0.3 is 0 Å². The Balaban J connectivity index is 2.41. The Hall–Kier alpha value is -0.920. The van der Waals surface area contributed by atoms with Gasteiger partial charge in [-0.2, -0.15) is 5.10 Å². The average Bonchev–Trinajstić information content (AvgIpc) is 2.72. The van der Waals surface area contributed by atoms with E-state index in [9.17, 15) is 8.42 Å². The molecule has 0 unspecified atom stereocenters. The zero-order valence-corrected chi connectivity index (χ0v) is 13.2. The molecule has 0 saturated heterocycles. The van der Waals surface area contributed by atoms with E-state index < -0.39 is 10.0 Å². The highest BCUT2D eigenvalue weighted by molar-refractivity contribution is 7.89. The van der Waals surface area contributed by atoms with Gasteiger partial charge < -0.3 is 5.32 Å². The molecular formula is C12H24N4O2S. The summed E-state index contributed by atoms with van der Waals surface area (Å²) in [6.45, 7) is 7.31. The minimum absolute atomic E-state index is 0.0352. The highest BCUT2D eigenvalue weighted by Crippen LogP contribution is 2.12. The van der Waals surface area contributed by atoms with E-state index in [2.05, 4.69) is 31.2 Å². The standard InChI is InChI=1S/C12H24N4O2S/c1-12(2,3)16-10-11(9-14-16)8-13-6-7-19(17,18)15(4)5/h9-10,13H,6-8H2,1-5H3. The normalized spacial score (nSPS) is 13.2. The lowest BCUT2D eigenvalue weighted by Crippen LogP contribution is -2.31. The number of hydrogen-bond acceptors (Lipinski definition) is 4. The summed E-state index contributed by atoms with van der Waals surface area (Å²) >= 11 is 0. The van der Waals surface area contributed by atoms with Gasteiger partial charge in [0.15, 0.2) is 0 Å². The molecule has 0 aliphatic carbocycles. The Kier molecular flexibility index (Phi) is 5.11. The third-order valence-electron chi connectivity index (χ3n) is 2.75. The lowest BCUT2D eigenvalue weighted by atomic mass is 10.1. The van der Waals surface area contributed by atoms with Crippen molar-refractivity contribution in [2.75, 3.05) is 26.4 Å². The monoisotopic (exact) mass is 288 g/mol. The van der Waals surface area contributed by atoms with Crippen LogP contribution in [0.3, 0.4) is 0 Å². The van der Waals surface area contributed by atoms with Gasteiger partial charge in [-0.1, -0.05) is 0 Å². The molecule has 1 heterocycles. The highest BCUT2D eigenvalue weighted by atomic mass is 32.2. The zero-order chi connectivity index (χ0) is 14.7. The van der Waals surface area contributed by atoms with Crippen LogP contribution in [-0.2, 0) is 22.1 Å². The molecule has 0 atom stereocenters. The smallest absolute Gasteiger partial charge is 0.214 e. The molecule has 19 heavy (non-hydrogen) atoms. The van der Waals surface area contributed by atoms with E-state index >= 15 is 0 Å². The van der Waals surface area contributed by atoms with Crippen LogP contribution in [0.2, 0.25) is 0 Å². The first-order valence-corrected chi connectivity index (χ1v) is 7.89. The number of sulfonamides is 1. The lowest BCUT2D eigenvalue weighted by Gasteiger charge is -2.18. The third kappa shape index (κ3) is 4.93. The SMILES string of the molecule is CN(C)S(=O)(=O)CCNCc1cnn(C(C)(C)C)c1. The van der Waals surface area contributed by atoms with Crippen molar-refractivity contribution in [1.29, 1.82) is 0 Å². The van der Waals surface area contributed by atoms with Gasteiger partial charge in [0.05, 0.1) is 17.5 Å².